The monoisotopic (exact) mass is 191 g/mol. The van der Waals surface area contributed by atoms with Gasteiger partial charge in [-0.3, -0.25) is 0 Å². The fourth-order valence-electron chi connectivity index (χ4n) is 1.09. The van der Waals surface area contributed by atoms with Crippen molar-refractivity contribution in [1.29, 1.82) is 0 Å². The van der Waals surface area contributed by atoms with E-state index in [0.717, 1.165) is 18.7 Å². The third-order valence-electron chi connectivity index (χ3n) is 1.81. The van der Waals surface area contributed by atoms with Crippen LogP contribution >= 0.6 is 0 Å². The lowest BCUT2D eigenvalue weighted by molar-refractivity contribution is 0.251. The lowest BCUT2D eigenvalue weighted by Gasteiger charge is -2.02. The van der Waals surface area contributed by atoms with Crippen molar-refractivity contribution in [3.63, 3.8) is 0 Å². The summed E-state index contributed by atoms with van der Waals surface area (Å²) in [5.74, 6) is 0. The summed E-state index contributed by atoms with van der Waals surface area (Å²) >= 11 is 0. The minimum Gasteiger partial charge on any atom is -0.501 e. The van der Waals surface area contributed by atoms with Crippen LogP contribution in [0.5, 0.6) is 0 Å². The van der Waals surface area contributed by atoms with Gasteiger partial charge in [0, 0.05) is 12.1 Å². The molecule has 14 heavy (non-hydrogen) atoms. The maximum Gasteiger partial charge on any atom is 0.0913 e. The molecular formula is C12H17NO. The van der Waals surface area contributed by atoms with E-state index in [9.17, 15) is 0 Å². The molecule has 0 spiro atoms. The quantitative estimate of drug-likeness (QED) is 0.451. The van der Waals surface area contributed by atoms with Gasteiger partial charge < -0.3 is 10.5 Å². The Balaban J connectivity index is 2.32. The average molecular weight is 191 g/mol. The van der Waals surface area contributed by atoms with Crippen LogP contribution in [0, 0.1) is 0 Å². The van der Waals surface area contributed by atoms with Crippen LogP contribution in [0.1, 0.15) is 19.4 Å². The number of ether oxygens (including phenoxy) is 1. The zero-order valence-electron chi connectivity index (χ0n) is 8.79. The molecule has 0 atom stereocenters. The van der Waals surface area contributed by atoms with E-state index in [0.29, 0.717) is 0 Å². The van der Waals surface area contributed by atoms with Gasteiger partial charge in [-0.15, -0.1) is 0 Å². The van der Waals surface area contributed by atoms with Gasteiger partial charge in [0.1, 0.15) is 0 Å². The first-order valence-electron chi connectivity index (χ1n) is 4.78. The van der Waals surface area contributed by atoms with E-state index >= 15 is 0 Å². The van der Waals surface area contributed by atoms with Crippen LogP contribution in [0.4, 0.5) is 5.69 Å². The number of hydrogen-bond donors (Lipinski definition) is 1. The summed E-state index contributed by atoms with van der Waals surface area (Å²) in [6, 6.07) is 7.88. The van der Waals surface area contributed by atoms with Crippen molar-refractivity contribution in [2.24, 2.45) is 0 Å². The number of anilines is 1. The van der Waals surface area contributed by atoms with Gasteiger partial charge in [-0.25, -0.2) is 0 Å². The zero-order chi connectivity index (χ0) is 10.4. The first kappa shape index (κ1) is 10.6. The van der Waals surface area contributed by atoms with Crippen LogP contribution in [0.3, 0.4) is 0 Å². The molecule has 0 aromatic heterocycles. The van der Waals surface area contributed by atoms with Crippen LogP contribution in [-0.4, -0.2) is 6.61 Å². The molecule has 1 aromatic rings. The molecule has 2 heteroatoms. The molecule has 1 rings (SSSR count). The van der Waals surface area contributed by atoms with Gasteiger partial charge in [0.25, 0.3) is 0 Å². The molecular weight excluding hydrogens is 174 g/mol. The zero-order valence-corrected chi connectivity index (χ0v) is 8.79. The highest BCUT2D eigenvalue weighted by atomic mass is 16.5. The largest absolute Gasteiger partial charge is 0.501 e. The van der Waals surface area contributed by atoms with Gasteiger partial charge in [0.15, 0.2) is 0 Å². The second-order valence-corrected chi connectivity index (χ2v) is 3.56. The number of nitrogen functional groups attached to an aromatic ring is 1. The molecule has 0 amide bonds. The Kier molecular flexibility index (Phi) is 4.05. The highest BCUT2D eigenvalue weighted by Crippen LogP contribution is 2.06. The number of hydrogen-bond acceptors (Lipinski definition) is 2. The van der Waals surface area contributed by atoms with Gasteiger partial charge in [0.05, 0.1) is 12.9 Å². The molecule has 0 heterocycles. The summed E-state index contributed by atoms with van der Waals surface area (Å²) in [5, 5.41) is 0. The third kappa shape index (κ3) is 3.99. The van der Waals surface area contributed by atoms with E-state index in [1.54, 1.807) is 6.26 Å². The second-order valence-electron chi connectivity index (χ2n) is 3.56. The Hall–Kier alpha value is -1.44. The SMILES string of the molecule is CC(C)=COCCc1ccc(N)cc1. The smallest absolute Gasteiger partial charge is 0.0913 e. The molecule has 0 unspecified atom stereocenters. The van der Waals surface area contributed by atoms with E-state index in [4.69, 9.17) is 10.5 Å². The Morgan fingerprint density at radius 1 is 1.29 bits per heavy atom. The fourth-order valence-corrected chi connectivity index (χ4v) is 1.09. The summed E-state index contributed by atoms with van der Waals surface area (Å²) in [7, 11) is 0. The molecule has 0 bridgehead atoms. The van der Waals surface area contributed by atoms with E-state index < -0.39 is 0 Å². The highest BCUT2D eigenvalue weighted by molar-refractivity contribution is 5.39. The van der Waals surface area contributed by atoms with Crippen LogP contribution in [0.15, 0.2) is 36.1 Å². The number of nitrogens with two attached hydrogens (primary N) is 1. The minimum atomic E-state index is 0.717. The predicted molar refractivity (Wildman–Crippen MR) is 59.9 cm³/mol. The van der Waals surface area contributed by atoms with Crippen molar-refractivity contribution in [2.75, 3.05) is 12.3 Å². The summed E-state index contributed by atoms with van der Waals surface area (Å²) in [6.07, 6.45) is 2.71. The standard InChI is InChI=1S/C12H17NO/c1-10(2)9-14-8-7-11-3-5-12(13)6-4-11/h3-6,9H,7-8,13H2,1-2H3. The predicted octanol–water partition coefficient (Wildman–Crippen LogP) is 2.75. The maximum absolute atomic E-state index is 5.58. The van der Waals surface area contributed by atoms with Gasteiger partial charge in [0.2, 0.25) is 0 Å². The number of allylic oxidation sites excluding steroid dienone is 1. The van der Waals surface area contributed by atoms with E-state index in [-0.39, 0.29) is 0 Å². The summed E-state index contributed by atoms with van der Waals surface area (Å²) in [6.45, 7) is 4.75. The Bertz CT molecular complexity index is 297. The Morgan fingerprint density at radius 3 is 2.50 bits per heavy atom. The topological polar surface area (TPSA) is 35.2 Å². The molecule has 0 aliphatic rings. The summed E-state index contributed by atoms with van der Waals surface area (Å²) in [4.78, 5) is 0. The molecule has 2 N–H and O–H groups in total. The van der Waals surface area contributed by atoms with E-state index in [2.05, 4.69) is 0 Å². The van der Waals surface area contributed by atoms with E-state index in [1.807, 2.05) is 38.1 Å². The van der Waals surface area contributed by atoms with Gasteiger partial charge >= 0.3 is 0 Å². The van der Waals surface area contributed by atoms with Crippen molar-refractivity contribution >= 4 is 5.69 Å². The van der Waals surface area contributed by atoms with Crippen molar-refractivity contribution in [1.82, 2.24) is 0 Å². The summed E-state index contributed by atoms with van der Waals surface area (Å²) < 4.78 is 5.34. The number of rotatable bonds is 4. The van der Waals surface area contributed by atoms with Crippen LogP contribution in [0.25, 0.3) is 0 Å². The van der Waals surface area contributed by atoms with Crippen molar-refractivity contribution < 1.29 is 4.74 Å². The van der Waals surface area contributed by atoms with Gasteiger partial charge in [-0.1, -0.05) is 12.1 Å². The van der Waals surface area contributed by atoms with Gasteiger partial charge in [-0.2, -0.15) is 0 Å². The highest BCUT2D eigenvalue weighted by Gasteiger charge is 1.92. The van der Waals surface area contributed by atoms with Crippen molar-refractivity contribution in [2.45, 2.75) is 20.3 Å². The van der Waals surface area contributed by atoms with Crippen molar-refractivity contribution in [3.05, 3.63) is 41.7 Å². The van der Waals surface area contributed by atoms with E-state index in [1.165, 1.54) is 11.1 Å². The lowest BCUT2D eigenvalue weighted by atomic mass is 10.1. The molecule has 1 aromatic carbocycles. The molecule has 0 fully saturated rings. The Labute approximate surface area is 85.4 Å². The van der Waals surface area contributed by atoms with Gasteiger partial charge in [-0.05, 0) is 37.1 Å². The van der Waals surface area contributed by atoms with Crippen molar-refractivity contribution in [3.8, 4) is 0 Å². The molecule has 76 valence electrons. The summed E-state index contributed by atoms with van der Waals surface area (Å²) in [5.41, 5.74) is 8.82. The molecule has 0 radical (unpaired) electrons. The van der Waals surface area contributed by atoms with Crippen LogP contribution in [-0.2, 0) is 11.2 Å². The van der Waals surface area contributed by atoms with Crippen LogP contribution < -0.4 is 5.73 Å². The third-order valence-corrected chi connectivity index (χ3v) is 1.81. The van der Waals surface area contributed by atoms with Crippen LogP contribution in [0.2, 0.25) is 0 Å². The Morgan fingerprint density at radius 2 is 1.93 bits per heavy atom. The minimum absolute atomic E-state index is 0.717. The molecule has 0 aliphatic carbocycles. The number of benzene rings is 1. The second kappa shape index (κ2) is 5.32. The normalized spacial score (nSPS) is 9.57. The fraction of sp³-hybridized carbons (Fsp3) is 0.333. The molecule has 0 saturated carbocycles. The molecule has 2 nitrogen and oxygen atoms in total. The molecule has 0 aliphatic heterocycles. The molecule has 0 saturated heterocycles. The first-order valence-corrected chi connectivity index (χ1v) is 4.78. The average Bonchev–Trinajstić information content (AvgIpc) is 2.15. The lowest BCUT2D eigenvalue weighted by Crippen LogP contribution is -1.94. The maximum atomic E-state index is 5.58. The first-order chi connectivity index (χ1) is 6.68.